The molecule has 110 valence electrons. The highest BCUT2D eigenvalue weighted by Gasteiger charge is 2.14. The van der Waals surface area contributed by atoms with Gasteiger partial charge in [0, 0.05) is 38.4 Å². The van der Waals surface area contributed by atoms with Crippen molar-refractivity contribution in [1.29, 1.82) is 0 Å². The summed E-state index contributed by atoms with van der Waals surface area (Å²) >= 11 is 0. The van der Waals surface area contributed by atoms with E-state index in [1.807, 2.05) is 56.3 Å². The maximum atomic E-state index is 12.5. The highest BCUT2D eigenvalue weighted by Crippen LogP contribution is 2.15. The van der Waals surface area contributed by atoms with Crippen LogP contribution in [0.2, 0.25) is 0 Å². The van der Waals surface area contributed by atoms with Crippen molar-refractivity contribution < 1.29 is 4.79 Å². The van der Waals surface area contributed by atoms with Crippen LogP contribution in [0.4, 0.5) is 5.69 Å². The Balaban J connectivity index is 2.10. The van der Waals surface area contributed by atoms with Gasteiger partial charge in [-0.15, -0.1) is 0 Å². The molecule has 0 unspecified atom stereocenters. The molecule has 0 aliphatic rings. The summed E-state index contributed by atoms with van der Waals surface area (Å²) in [5.74, 6) is 0.0785. The van der Waals surface area contributed by atoms with Crippen molar-refractivity contribution in [3.05, 3.63) is 65.7 Å². The summed E-state index contributed by atoms with van der Waals surface area (Å²) in [6.45, 7) is 3.34. The van der Waals surface area contributed by atoms with E-state index in [0.29, 0.717) is 13.1 Å². The number of amides is 1. The molecule has 2 aromatic rings. The van der Waals surface area contributed by atoms with Crippen molar-refractivity contribution in [2.75, 3.05) is 25.5 Å². The molecule has 0 heterocycles. The number of rotatable bonds is 5. The lowest BCUT2D eigenvalue weighted by Crippen LogP contribution is -2.30. The van der Waals surface area contributed by atoms with E-state index < -0.39 is 0 Å². The highest BCUT2D eigenvalue weighted by molar-refractivity contribution is 5.94. The fraction of sp³-hybridized carbons (Fsp3) is 0.278. The third-order valence-electron chi connectivity index (χ3n) is 3.52. The van der Waals surface area contributed by atoms with Crippen LogP contribution < -0.4 is 4.90 Å². The Morgan fingerprint density at radius 3 is 2.10 bits per heavy atom. The van der Waals surface area contributed by atoms with Gasteiger partial charge in [-0.3, -0.25) is 4.79 Å². The Morgan fingerprint density at radius 1 is 0.952 bits per heavy atom. The Hall–Kier alpha value is -2.29. The number of benzene rings is 2. The average Bonchev–Trinajstić information content (AvgIpc) is 2.53. The Kier molecular flexibility index (Phi) is 4.99. The summed E-state index contributed by atoms with van der Waals surface area (Å²) < 4.78 is 0. The van der Waals surface area contributed by atoms with Crippen LogP contribution in [0.3, 0.4) is 0 Å². The monoisotopic (exact) mass is 282 g/mol. The molecular formula is C18H22N2O. The van der Waals surface area contributed by atoms with E-state index in [-0.39, 0.29) is 5.91 Å². The maximum Gasteiger partial charge on any atom is 0.254 e. The normalized spacial score (nSPS) is 10.2. The molecule has 0 atom stereocenters. The number of carbonyl (C=O) groups is 1. The van der Waals surface area contributed by atoms with Crippen molar-refractivity contribution in [1.82, 2.24) is 4.90 Å². The standard InChI is InChI=1S/C18H22N2O/c1-4-20(18(21)16-8-6-5-7-9-16)14-15-10-12-17(13-11-15)19(2)3/h5-13H,4,14H2,1-3H3. The molecule has 2 rings (SSSR count). The predicted molar refractivity (Wildman–Crippen MR) is 87.6 cm³/mol. The van der Waals surface area contributed by atoms with Gasteiger partial charge in [0.05, 0.1) is 0 Å². The summed E-state index contributed by atoms with van der Waals surface area (Å²) in [7, 11) is 4.04. The summed E-state index contributed by atoms with van der Waals surface area (Å²) in [6.07, 6.45) is 0. The first-order chi connectivity index (χ1) is 10.1. The van der Waals surface area contributed by atoms with E-state index in [1.165, 1.54) is 0 Å². The Bertz CT molecular complexity index is 576. The Morgan fingerprint density at radius 2 is 1.57 bits per heavy atom. The minimum atomic E-state index is 0.0785. The second-order valence-electron chi connectivity index (χ2n) is 5.25. The van der Waals surface area contributed by atoms with Gasteiger partial charge in [0.25, 0.3) is 5.91 Å². The van der Waals surface area contributed by atoms with Gasteiger partial charge in [-0.25, -0.2) is 0 Å². The van der Waals surface area contributed by atoms with Crippen LogP contribution in [-0.2, 0) is 6.54 Å². The van der Waals surface area contributed by atoms with Gasteiger partial charge < -0.3 is 9.80 Å². The number of nitrogens with zero attached hydrogens (tertiary/aromatic N) is 2. The molecule has 0 aliphatic carbocycles. The van der Waals surface area contributed by atoms with E-state index >= 15 is 0 Å². The molecule has 3 nitrogen and oxygen atoms in total. The largest absolute Gasteiger partial charge is 0.378 e. The van der Waals surface area contributed by atoms with Crippen molar-refractivity contribution >= 4 is 11.6 Å². The zero-order valence-electron chi connectivity index (χ0n) is 12.9. The van der Waals surface area contributed by atoms with Gasteiger partial charge in [-0.1, -0.05) is 30.3 Å². The fourth-order valence-corrected chi connectivity index (χ4v) is 2.21. The molecule has 0 bridgehead atoms. The number of hydrogen-bond acceptors (Lipinski definition) is 2. The summed E-state index contributed by atoms with van der Waals surface area (Å²) in [5, 5.41) is 0. The minimum Gasteiger partial charge on any atom is -0.378 e. The molecule has 3 heteroatoms. The van der Waals surface area contributed by atoms with E-state index in [1.54, 1.807) is 0 Å². The minimum absolute atomic E-state index is 0.0785. The van der Waals surface area contributed by atoms with Crippen LogP contribution >= 0.6 is 0 Å². The molecule has 0 N–H and O–H groups in total. The van der Waals surface area contributed by atoms with Gasteiger partial charge in [-0.2, -0.15) is 0 Å². The summed E-state index contributed by atoms with van der Waals surface area (Å²) in [4.78, 5) is 16.4. The third-order valence-corrected chi connectivity index (χ3v) is 3.52. The SMILES string of the molecule is CCN(Cc1ccc(N(C)C)cc1)C(=O)c1ccccc1. The molecule has 0 aliphatic heterocycles. The lowest BCUT2D eigenvalue weighted by Gasteiger charge is -2.21. The first-order valence-corrected chi connectivity index (χ1v) is 7.22. The van der Waals surface area contributed by atoms with Crippen LogP contribution in [0, 0.1) is 0 Å². The highest BCUT2D eigenvalue weighted by atomic mass is 16.2. The van der Waals surface area contributed by atoms with Gasteiger partial charge in [-0.05, 0) is 36.8 Å². The zero-order chi connectivity index (χ0) is 15.2. The topological polar surface area (TPSA) is 23.6 Å². The van der Waals surface area contributed by atoms with Gasteiger partial charge in [0.2, 0.25) is 0 Å². The summed E-state index contributed by atoms with van der Waals surface area (Å²) in [5.41, 5.74) is 3.05. The molecule has 0 radical (unpaired) electrons. The summed E-state index contributed by atoms with van der Waals surface area (Å²) in [6, 6.07) is 17.8. The molecular weight excluding hydrogens is 260 g/mol. The van der Waals surface area contributed by atoms with Crippen LogP contribution in [0.15, 0.2) is 54.6 Å². The number of anilines is 1. The Labute approximate surface area is 126 Å². The van der Waals surface area contributed by atoms with Crippen molar-refractivity contribution in [2.24, 2.45) is 0 Å². The lowest BCUT2D eigenvalue weighted by molar-refractivity contribution is 0.0752. The number of hydrogen-bond donors (Lipinski definition) is 0. The molecule has 1 amide bonds. The predicted octanol–water partition coefficient (Wildman–Crippen LogP) is 3.41. The first kappa shape index (κ1) is 15.1. The van der Waals surface area contributed by atoms with Crippen LogP contribution in [0.25, 0.3) is 0 Å². The molecule has 0 aromatic heterocycles. The van der Waals surface area contributed by atoms with E-state index in [0.717, 1.165) is 16.8 Å². The molecule has 0 saturated heterocycles. The first-order valence-electron chi connectivity index (χ1n) is 7.22. The van der Waals surface area contributed by atoms with E-state index in [4.69, 9.17) is 0 Å². The van der Waals surface area contributed by atoms with Crippen LogP contribution in [-0.4, -0.2) is 31.4 Å². The van der Waals surface area contributed by atoms with Crippen molar-refractivity contribution in [2.45, 2.75) is 13.5 Å². The van der Waals surface area contributed by atoms with Crippen LogP contribution in [0.1, 0.15) is 22.8 Å². The van der Waals surface area contributed by atoms with Crippen molar-refractivity contribution in [3.8, 4) is 0 Å². The molecule has 21 heavy (non-hydrogen) atoms. The molecule has 2 aromatic carbocycles. The second kappa shape index (κ2) is 6.93. The smallest absolute Gasteiger partial charge is 0.254 e. The van der Waals surface area contributed by atoms with Crippen LogP contribution in [0.5, 0.6) is 0 Å². The van der Waals surface area contributed by atoms with E-state index in [9.17, 15) is 4.79 Å². The van der Waals surface area contributed by atoms with Gasteiger partial charge >= 0.3 is 0 Å². The molecule has 0 saturated carbocycles. The second-order valence-corrected chi connectivity index (χ2v) is 5.25. The van der Waals surface area contributed by atoms with E-state index in [2.05, 4.69) is 29.2 Å². The maximum absolute atomic E-state index is 12.5. The fourth-order valence-electron chi connectivity index (χ4n) is 2.21. The average molecular weight is 282 g/mol. The lowest BCUT2D eigenvalue weighted by atomic mass is 10.1. The number of carbonyl (C=O) groups excluding carboxylic acids is 1. The quantitative estimate of drug-likeness (QED) is 0.839. The molecule has 0 fully saturated rings. The molecule has 0 spiro atoms. The van der Waals surface area contributed by atoms with Gasteiger partial charge in [0.15, 0.2) is 0 Å². The third kappa shape index (κ3) is 3.85. The zero-order valence-corrected chi connectivity index (χ0v) is 12.9. The van der Waals surface area contributed by atoms with Gasteiger partial charge in [0.1, 0.15) is 0 Å². The van der Waals surface area contributed by atoms with Crippen molar-refractivity contribution in [3.63, 3.8) is 0 Å².